The van der Waals surface area contributed by atoms with Gasteiger partial charge in [-0.3, -0.25) is 9.59 Å². The van der Waals surface area contributed by atoms with Crippen LogP contribution in [0.2, 0.25) is 0 Å². The first-order valence-electron chi connectivity index (χ1n) is 9.79. The van der Waals surface area contributed by atoms with Gasteiger partial charge in [0.2, 0.25) is 5.91 Å². The summed E-state index contributed by atoms with van der Waals surface area (Å²) >= 11 is 0. The summed E-state index contributed by atoms with van der Waals surface area (Å²) in [5.41, 5.74) is 1.91. The van der Waals surface area contributed by atoms with Crippen molar-refractivity contribution in [3.05, 3.63) is 60.3 Å². The number of benzene rings is 1. The molecule has 2 amide bonds. The van der Waals surface area contributed by atoms with E-state index in [2.05, 4.69) is 22.1 Å². The van der Waals surface area contributed by atoms with E-state index in [-0.39, 0.29) is 29.9 Å². The molecule has 0 bridgehead atoms. The first kappa shape index (κ1) is 19.3. The number of nitrogens with zero attached hydrogens (tertiary/aromatic N) is 3. The predicted octanol–water partition coefficient (Wildman–Crippen LogP) is 2.11. The van der Waals surface area contributed by atoms with Gasteiger partial charge in [0.25, 0.3) is 5.91 Å². The van der Waals surface area contributed by atoms with Crippen molar-refractivity contribution in [2.45, 2.75) is 25.5 Å². The molecule has 1 unspecified atom stereocenters. The van der Waals surface area contributed by atoms with Gasteiger partial charge in [-0.2, -0.15) is 0 Å². The van der Waals surface area contributed by atoms with Gasteiger partial charge < -0.3 is 15.0 Å². The van der Waals surface area contributed by atoms with E-state index < -0.39 is 0 Å². The van der Waals surface area contributed by atoms with E-state index in [1.165, 1.54) is 0 Å². The van der Waals surface area contributed by atoms with Gasteiger partial charge in [0.1, 0.15) is 0 Å². The average molecular weight is 392 g/mol. The van der Waals surface area contributed by atoms with E-state index in [0.717, 1.165) is 16.5 Å². The number of amides is 2. The van der Waals surface area contributed by atoms with Crippen LogP contribution in [-0.2, 0) is 9.53 Å². The Hall–Kier alpha value is -3.06. The molecule has 7 nitrogen and oxygen atoms in total. The molecule has 0 radical (unpaired) electrons. The lowest BCUT2D eigenvalue weighted by Crippen LogP contribution is -2.46. The third kappa shape index (κ3) is 3.91. The zero-order valence-electron chi connectivity index (χ0n) is 16.4. The van der Waals surface area contributed by atoms with Crippen molar-refractivity contribution < 1.29 is 14.3 Å². The molecule has 4 rings (SSSR count). The van der Waals surface area contributed by atoms with Gasteiger partial charge in [-0.1, -0.05) is 42.5 Å². The van der Waals surface area contributed by atoms with Crippen molar-refractivity contribution in [2.75, 3.05) is 19.7 Å². The second-order valence-electron chi connectivity index (χ2n) is 7.52. The normalized spacial score (nSPS) is 23.5. The van der Waals surface area contributed by atoms with Crippen molar-refractivity contribution in [3.63, 3.8) is 0 Å². The van der Waals surface area contributed by atoms with Crippen molar-refractivity contribution >= 4 is 22.7 Å². The Labute approximate surface area is 169 Å². The van der Waals surface area contributed by atoms with Crippen LogP contribution in [0.15, 0.2) is 54.6 Å². The summed E-state index contributed by atoms with van der Waals surface area (Å²) in [5, 5.41) is 12.1. The summed E-state index contributed by atoms with van der Waals surface area (Å²) in [6.45, 7) is 7.18. The van der Waals surface area contributed by atoms with Gasteiger partial charge in [-0.25, -0.2) is 0 Å². The smallest absolute Gasteiger partial charge is 0.275 e. The minimum Gasteiger partial charge on any atom is -0.373 e. The molecule has 1 fully saturated rings. The number of carbonyl (C=O) groups is 2. The summed E-state index contributed by atoms with van der Waals surface area (Å²) in [6, 6.07) is 9.09. The molecule has 2 aliphatic rings. The molecule has 150 valence electrons. The Morgan fingerprint density at radius 3 is 2.97 bits per heavy atom. The quantitative estimate of drug-likeness (QED) is 0.788. The van der Waals surface area contributed by atoms with Crippen molar-refractivity contribution in [1.82, 2.24) is 20.4 Å². The van der Waals surface area contributed by atoms with E-state index in [1.54, 1.807) is 11.0 Å². The van der Waals surface area contributed by atoms with Crippen LogP contribution >= 0.6 is 0 Å². The Morgan fingerprint density at radius 2 is 2.14 bits per heavy atom. The molecular formula is C22H24N4O3. The molecule has 3 atom stereocenters. The molecule has 3 heterocycles. The third-order valence-electron chi connectivity index (χ3n) is 5.43. The molecular weight excluding hydrogens is 368 g/mol. The molecule has 0 spiro atoms. The summed E-state index contributed by atoms with van der Waals surface area (Å²) in [6.07, 6.45) is 4.31. The van der Waals surface area contributed by atoms with Crippen LogP contribution in [0.25, 0.3) is 10.9 Å². The van der Waals surface area contributed by atoms with Crippen LogP contribution in [0.3, 0.4) is 0 Å². The average Bonchev–Trinajstić information content (AvgIpc) is 3.40. The summed E-state index contributed by atoms with van der Waals surface area (Å²) in [7, 11) is 0. The maximum atomic E-state index is 13.0. The number of rotatable bonds is 5. The van der Waals surface area contributed by atoms with Crippen LogP contribution in [0.1, 0.15) is 23.8 Å². The third-order valence-corrected chi connectivity index (χ3v) is 5.43. The monoisotopic (exact) mass is 392 g/mol. The number of aromatic nitrogens is 2. The van der Waals surface area contributed by atoms with E-state index in [9.17, 15) is 9.59 Å². The second kappa shape index (κ2) is 8.13. The number of nitrogens with one attached hydrogen (secondary N) is 1. The van der Waals surface area contributed by atoms with Crippen LogP contribution in [-0.4, -0.2) is 58.8 Å². The maximum absolute atomic E-state index is 13.0. The lowest BCUT2D eigenvalue weighted by molar-refractivity contribution is -0.126. The van der Waals surface area contributed by atoms with Crippen molar-refractivity contribution in [1.29, 1.82) is 0 Å². The molecule has 1 N–H and O–H groups in total. The molecule has 0 saturated carbocycles. The van der Waals surface area contributed by atoms with Crippen molar-refractivity contribution in [2.24, 2.45) is 5.92 Å². The van der Waals surface area contributed by atoms with Gasteiger partial charge in [-0.15, -0.1) is 10.2 Å². The second-order valence-corrected chi connectivity index (χ2v) is 7.52. The zero-order valence-corrected chi connectivity index (χ0v) is 16.4. The fraction of sp³-hybridized carbons (Fsp3) is 0.364. The standard InChI is InChI=1S/C22H24N4O3/c1-14(2)20-17(9-11-29-20)21(27)23-13-16-7-5-10-26(16)22(28)19-12-15-6-3-4-8-18(15)24-25-19/h3-8,12,16-17,20H,1,9-11,13H2,2H3,(H,23,27)/t16?,17-,20-/m0/s1. The largest absolute Gasteiger partial charge is 0.373 e. The minimum absolute atomic E-state index is 0.0614. The highest BCUT2D eigenvalue weighted by molar-refractivity contribution is 5.96. The number of fused-ring (bicyclic) bond motifs is 1. The van der Waals surface area contributed by atoms with E-state index in [0.29, 0.717) is 31.8 Å². The fourth-order valence-electron chi connectivity index (χ4n) is 3.90. The molecule has 1 saturated heterocycles. The topological polar surface area (TPSA) is 84.4 Å². The van der Waals surface area contributed by atoms with E-state index >= 15 is 0 Å². The zero-order chi connectivity index (χ0) is 20.4. The maximum Gasteiger partial charge on any atom is 0.275 e. The summed E-state index contributed by atoms with van der Waals surface area (Å²) in [5.74, 6) is -0.487. The highest BCUT2D eigenvalue weighted by Gasteiger charge is 2.35. The Bertz CT molecular complexity index is 987. The van der Waals surface area contributed by atoms with Gasteiger partial charge >= 0.3 is 0 Å². The molecule has 1 aromatic heterocycles. The number of carbonyl (C=O) groups excluding carboxylic acids is 2. The van der Waals surface area contributed by atoms with Gasteiger partial charge in [-0.05, 0) is 25.5 Å². The highest BCUT2D eigenvalue weighted by atomic mass is 16.5. The first-order chi connectivity index (χ1) is 14.0. The molecule has 1 aromatic carbocycles. The summed E-state index contributed by atoms with van der Waals surface area (Å²) < 4.78 is 5.62. The SMILES string of the molecule is C=C(C)[C@@H]1OCC[C@@H]1C(=O)NCC1C=CCN1C(=O)c1cc2ccccc2nn1. The van der Waals surface area contributed by atoms with Crippen LogP contribution in [0.4, 0.5) is 0 Å². The van der Waals surface area contributed by atoms with Crippen LogP contribution in [0.5, 0.6) is 0 Å². The first-order valence-corrected chi connectivity index (χ1v) is 9.79. The Balaban J connectivity index is 1.41. The lowest BCUT2D eigenvalue weighted by Gasteiger charge is -2.25. The highest BCUT2D eigenvalue weighted by Crippen LogP contribution is 2.26. The minimum atomic E-state index is -0.236. The molecule has 2 aliphatic heterocycles. The van der Waals surface area contributed by atoms with E-state index in [1.807, 2.05) is 43.3 Å². The Kier molecular flexibility index (Phi) is 5.40. The Morgan fingerprint density at radius 1 is 1.31 bits per heavy atom. The van der Waals surface area contributed by atoms with Gasteiger partial charge in [0, 0.05) is 25.1 Å². The molecule has 0 aliphatic carbocycles. The van der Waals surface area contributed by atoms with Gasteiger partial charge in [0.05, 0.1) is 23.6 Å². The van der Waals surface area contributed by atoms with Crippen molar-refractivity contribution in [3.8, 4) is 0 Å². The van der Waals surface area contributed by atoms with E-state index in [4.69, 9.17) is 4.74 Å². The number of ether oxygens (including phenoxy) is 1. The molecule has 29 heavy (non-hydrogen) atoms. The molecule has 7 heteroatoms. The lowest BCUT2D eigenvalue weighted by atomic mass is 9.96. The fourth-order valence-corrected chi connectivity index (χ4v) is 3.90. The van der Waals surface area contributed by atoms with Crippen LogP contribution in [0, 0.1) is 5.92 Å². The molecule has 2 aromatic rings. The number of hydrogen-bond acceptors (Lipinski definition) is 5. The summed E-state index contributed by atoms with van der Waals surface area (Å²) in [4.78, 5) is 27.3. The van der Waals surface area contributed by atoms with Crippen LogP contribution < -0.4 is 5.32 Å². The van der Waals surface area contributed by atoms with Gasteiger partial charge in [0.15, 0.2) is 5.69 Å². The number of hydrogen-bond donors (Lipinski definition) is 1. The predicted molar refractivity (Wildman–Crippen MR) is 109 cm³/mol.